The number of nitrogens with zero attached hydrogens (tertiary/aromatic N) is 3. The molecule has 0 fully saturated rings. The summed E-state index contributed by atoms with van der Waals surface area (Å²) < 4.78 is 55.6. The first-order valence-electron chi connectivity index (χ1n) is 12.4. The molecule has 0 bridgehead atoms. The first kappa shape index (κ1) is 28.5. The first-order chi connectivity index (χ1) is 19.0. The largest absolute Gasteiger partial charge is 0.484 e. The molecule has 0 saturated carbocycles. The van der Waals surface area contributed by atoms with Gasteiger partial charge in [-0.2, -0.15) is 18.2 Å². The molecule has 0 atom stereocenters. The van der Waals surface area contributed by atoms with E-state index >= 15 is 0 Å². The molecule has 0 radical (unpaired) electrons. The minimum atomic E-state index is -4.42. The van der Waals surface area contributed by atoms with Gasteiger partial charge in [-0.15, -0.1) is 0 Å². The van der Waals surface area contributed by atoms with Gasteiger partial charge in [0.2, 0.25) is 0 Å². The molecule has 0 aliphatic carbocycles. The van der Waals surface area contributed by atoms with Crippen molar-refractivity contribution in [3.05, 3.63) is 101 Å². The van der Waals surface area contributed by atoms with Crippen LogP contribution in [0, 0.1) is 0 Å². The van der Waals surface area contributed by atoms with Crippen molar-refractivity contribution in [1.29, 1.82) is 0 Å². The van der Waals surface area contributed by atoms with Gasteiger partial charge >= 0.3 is 12.1 Å². The van der Waals surface area contributed by atoms with Gasteiger partial charge in [0.05, 0.1) is 5.56 Å². The molecule has 3 aromatic carbocycles. The predicted molar refractivity (Wildman–Crippen MR) is 140 cm³/mol. The maximum absolute atomic E-state index is 13.0. The number of ether oxygens (including phenoxy) is 2. The van der Waals surface area contributed by atoms with Crippen molar-refractivity contribution in [3.8, 4) is 11.5 Å². The van der Waals surface area contributed by atoms with E-state index in [1.165, 1.54) is 26.0 Å². The number of alkyl halides is 3. The van der Waals surface area contributed by atoms with Crippen LogP contribution in [0.1, 0.15) is 36.4 Å². The second kappa shape index (κ2) is 12.1. The molecule has 1 N–H and O–H groups in total. The fourth-order valence-corrected chi connectivity index (χ4v) is 3.69. The molecule has 0 saturated heterocycles. The monoisotopic (exact) mass is 555 g/mol. The van der Waals surface area contributed by atoms with E-state index in [9.17, 15) is 23.1 Å². The van der Waals surface area contributed by atoms with Crippen LogP contribution in [0.2, 0.25) is 0 Å². The van der Waals surface area contributed by atoms with Crippen molar-refractivity contribution in [3.63, 3.8) is 0 Å². The Morgan fingerprint density at radius 3 is 2.20 bits per heavy atom. The maximum atomic E-state index is 13.0. The first-order valence-corrected chi connectivity index (χ1v) is 12.4. The van der Waals surface area contributed by atoms with Gasteiger partial charge in [0.25, 0.3) is 11.8 Å². The number of hydrogen-bond acceptors (Lipinski definition) is 7. The summed E-state index contributed by atoms with van der Waals surface area (Å²) in [5.41, 5.74) is -0.537. The molecule has 8 nitrogen and oxygen atoms in total. The molecule has 11 heteroatoms. The van der Waals surface area contributed by atoms with Gasteiger partial charge in [0.15, 0.2) is 12.2 Å². The number of hydrogen-bond donors (Lipinski definition) is 1. The quantitative estimate of drug-likeness (QED) is 0.222. The molecular formula is C29H28F3N3O5. The topological polar surface area (TPSA) is 97.9 Å². The summed E-state index contributed by atoms with van der Waals surface area (Å²) in [6.07, 6.45) is -3.89. The van der Waals surface area contributed by atoms with Gasteiger partial charge in [-0.25, -0.2) is 4.79 Å². The number of para-hydroxylation sites is 1. The Labute approximate surface area is 229 Å². The summed E-state index contributed by atoms with van der Waals surface area (Å²) in [7, 11) is 0. The molecule has 40 heavy (non-hydrogen) atoms. The van der Waals surface area contributed by atoms with E-state index in [1.807, 2.05) is 30.3 Å². The van der Waals surface area contributed by atoms with Gasteiger partial charge in [0, 0.05) is 13.1 Å². The minimum Gasteiger partial charge on any atom is -0.484 e. The van der Waals surface area contributed by atoms with Crippen molar-refractivity contribution >= 4 is 11.9 Å². The Hall–Kier alpha value is -4.54. The molecule has 0 spiro atoms. The van der Waals surface area contributed by atoms with Crippen LogP contribution in [0.5, 0.6) is 11.5 Å². The van der Waals surface area contributed by atoms with E-state index < -0.39 is 23.3 Å². The van der Waals surface area contributed by atoms with Crippen LogP contribution in [0.4, 0.5) is 19.1 Å². The Morgan fingerprint density at radius 2 is 1.57 bits per heavy atom. The number of rotatable bonds is 12. The number of carboxylic acids is 1. The number of aliphatic carboxylic acids is 1. The fourth-order valence-electron chi connectivity index (χ4n) is 3.69. The third kappa shape index (κ3) is 7.75. The predicted octanol–water partition coefficient (Wildman–Crippen LogP) is 6.16. The molecule has 1 aromatic heterocycles. The molecular weight excluding hydrogens is 527 g/mol. The maximum Gasteiger partial charge on any atom is 0.416 e. The van der Waals surface area contributed by atoms with Crippen molar-refractivity contribution in [2.45, 2.75) is 45.2 Å². The molecule has 0 unspecified atom stereocenters. The van der Waals surface area contributed by atoms with Crippen molar-refractivity contribution in [2.75, 3.05) is 11.4 Å². The van der Waals surface area contributed by atoms with Crippen molar-refractivity contribution < 1.29 is 37.1 Å². The SMILES string of the molecule is CC(C)(Oc1ccc(CCN(Cc2ccc(C(F)(F)F)cc2)c2noc(COc3ccccc3)n2)cc1)C(=O)O. The van der Waals surface area contributed by atoms with E-state index in [0.717, 1.165) is 17.7 Å². The summed E-state index contributed by atoms with van der Waals surface area (Å²) in [5, 5.41) is 13.3. The number of halogens is 3. The molecule has 4 aromatic rings. The van der Waals surface area contributed by atoms with Crippen LogP contribution < -0.4 is 14.4 Å². The van der Waals surface area contributed by atoms with E-state index in [2.05, 4.69) is 10.1 Å². The third-order valence-electron chi connectivity index (χ3n) is 5.98. The highest BCUT2D eigenvalue weighted by molar-refractivity contribution is 5.76. The highest BCUT2D eigenvalue weighted by Gasteiger charge is 2.30. The van der Waals surface area contributed by atoms with Crippen LogP contribution in [0.3, 0.4) is 0 Å². The van der Waals surface area contributed by atoms with Gasteiger partial charge in [-0.1, -0.05) is 42.5 Å². The van der Waals surface area contributed by atoms with Crippen molar-refractivity contribution in [1.82, 2.24) is 10.1 Å². The second-order valence-electron chi connectivity index (χ2n) is 9.52. The second-order valence-corrected chi connectivity index (χ2v) is 9.52. The lowest BCUT2D eigenvalue weighted by Crippen LogP contribution is -2.37. The summed E-state index contributed by atoms with van der Waals surface area (Å²) in [4.78, 5) is 17.6. The number of anilines is 1. The Morgan fingerprint density at radius 1 is 0.925 bits per heavy atom. The van der Waals surface area contributed by atoms with Crippen LogP contribution in [-0.2, 0) is 30.5 Å². The zero-order valence-corrected chi connectivity index (χ0v) is 21.9. The fraction of sp³-hybridized carbons (Fsp3) is 0.276. The lowest BCUT2D eigenvalue weighted by Gasteiger charge is -2.22. The zero-order valence-electron chi connectivity index (χ0n) is 21.9. The lowest BCUT2D eigenvalue weighted by molar-refractivity contribution is -0.152. The van der Waals surface area contributed by atoms with Crippen LogP contribution >= 0.6 is 0 Å². The summed E-state index contributed by atoms with van der Waals surface area (Å²) >= 11 is 0. The molecule has 1 heterocycles. The average Bonchev–Trinajstić information content (AvgIpc) is 3.40. The van der Waals surface area contributed by atoms with Gasteiger partial charge in [-0.3, -0.25) is 0 Å². The highest BCUT2D eigenvalue weighted by Crippen LogP contribution is 2.29. The molecule has 0 aliphatic rings. The van der Waals surface area contributed by atoms with E-state index in [4.69, 9.17) is 14.0 Å². The van der Waals surface area contributed by atoms with Gasteiger partial charge in [-0.05, 0) is 73.0 Å². The van der Waals surface area contributed by atoms with Gasteiger partial charge < -0.3 is 24.0 Å². The Balaban J connectivity index is 1.47. The van der Waals surface area contributed by atoms with E-state index in [-0.39, 0.29) is 25.0 Å². The summed E-state index contributed by atoms with van der Waals surface area (Å²) in [5.74, 6) is 0.500. The lowest BCUT2D eigenvalue weighted by atomic mass is 10.1. The van der Waals surface area contributed by atoms with Crippen LogP contribution in [0.15, 0.2) is 83.4 Å². The molecule has 0 amide bonds. The molecule has 4 rings (SSSR count). The minimum absolute atomic E-state index is 0.0548. The molecule has 210 valence electrons. The third-order valence-corrected chi connectivity index (χ3v) is 5.98. The number of carboxylic acid groups (broad SMARTS) is 1. The van der Waals surface area contributed by atoms with Crippen LogP contribution in [-0.4, -0.2) is 33.4 Å². The number of aromatic nitrogens is 2. The van der Waals surface area contributed by atoms with E-state index in [1.54, 1.807) is 29.2 Å². The Bertz CT molecular complexity index is 1390. The molecule has 0 aliphatic heterocycles. The summed E-state index contributed by atoms with van der Waals surface area (Å²) in [6.45, 7) is 3.64. The Kier molecular flexibility index (Phi) is 8.61. The number of carbonyl (C=O) groups is 1. The van der Waals surface area contributed by atoms with Crippen LogP contribution in [0.25, 0.3) is 0 Å². The number of benzene rings is 3. The zero-order chi connectivity index (χ0) is 28.8. The van der Waals surface area contributed by atoms with E-state index in [0.29, 0.717) is 30.0 Å². The smallest absolute Gasteiger partial charge is 0.416 e. The van der Waals surface area contributed by atoms with Gasteiger partial charge in [0.1, 0.15) is 11.5 Å². The average molecular weight is 556 g/mol. The highest BCUT2D eigenvalue weighted by atomic mass is 19.4. The van der Waals surface area contributed by atoms with Crippen molar-refractivity contribution in [2.24, 2.45) is 0 Å². The summed E-state index contributed by atoms with van der Waals surface area (Å²) in [6, 6.07) is 21.1. The normalized spacial score (nSPS) is 11.7. The standard InChI is InChI=1S/C29H28F3N3O5/c1-28(2,26(36)37)39-24-14-10-20(11-15-24)16-17-35(18-21-8-12-22(13-9-21)29(30,31)32)27-33-25(40-34-27)19-38-23-6-4-3-5-7-23/h3-15H,16-19H2,1-2H3,(H,36,37).